The second-order valence-corrected chi connectivity index (χ2v) is 7.76. The number of anilines is 1. The van der Waals surface area contributed by atoms with Crippen LogP contribution >= 0.6 is 23.2 Å². The zero-order valence-corrected chi connectivity index (χ0v) is 18.7. The average Bonchev–Trinajstić information content (AvgIpc) is 3.01. The van der Waals surface area contributed by atoms with Gasteiger partial charge in [0.2, 0.25) is 0 Å². The van der Waals surface area contributed by atoms with Crippen molar-refractivity contribution in [1.82, 2.24) is 20.3 Å². The first-order chi connectivity index (χ1) is 14.8. The van der Waals surface area contributed by atoms with Gasteiger partial charge in [-0.05, 0) is 26.7 Å². The van der Waals surface area contributed by atoms with Gasteiger partial charge >= 0.3 is 6.01 Å². The lowest BCUT2D eigenvalue weighted by molar-refractivity contribution is 0.0166. The molecule has 0 radical (unpaired) electrons. The van der Waals surface area contributed by atoms with Gasteiger partial charge in [-0.25, -0.2) is 0 Å². The van der Waals surface area contributed by atoms with E-state index in [1.165, 1.54) is 6.07 Å². The molecule has 2 aromatic heterocycles. The molecule has 4 N–H and O–H groups in total. The minimum absolute atomic E-state index is 0.0174. The molecule has 2 amide bonds. The third-order valence-electron chi connectivity index (χ3n) is 4.86. The first kappa shape index (κ1) is 23.1. The van der Waals surface area contributed by atoms with E-state index in [1.807, 2.05) is 11.8 Å². The number of piperidine rings is 1. The summed E-state index contributed by atoms with van der Waals surface area (Å²) in [4.78, 5) is 37.4. The van der Waals surface area contributed by atoms with Crippen LogP contribution in [0.4, 0.5) is 5.82 Å². The summed E-state index contributed by atoms with van der Waals surface area (Å²) in [6.07, 6.45) is 1.34. The number of aryl methyl sites for hydroxylation is 1. The topological polar surface area (TPSA) is 135 Å². The fraction of sp³-hybridized carbons (Fsp3) is 0.474. The van der Waals surface area contributed by atoms with E-state index in [1.54, 1.807) is 6.92 Å². The van der Waals surface area contributed by atoms with Crippen molar-refractivity contribution >= 4 is 40.8 Å². The van der Waals surface area contributed by atoms with Gasteiger partial charge < -0.3 is 30.4 Å². The summed E-state index contributed by atoms with van der Waals surface area (Å²) in [5, 5.41) is 3.54. The maximum absolute atomic E-state index is 12.5. The second-order valence-electron chi connectivity index (χ2n) is 7.00. The fourth-order valence-corrected chi connectivity index (χ4v) is 3.60. The number of H-pyrrole nitrogens is 1. The number of rotatable bonds is 8. The van der Waals surface area contributed by atoms with Crippen LogP contribution in [0, 0.1) is 6.92 Å². The molecule has 0 atom stereocenters. The Kier molecular flexibility index (Phi) is 7.58. The lowest BCUT2D eigenvalue weighted by atomic mass is 10.0. The number of hydrogen-bond donors (Lipinski definition) is 3. The van der Waals surface area contributed by atoms with Crippen LogP contribution in [0.3, 0.4) is 0 Å². The Morgan fingerprint density at radius 1 is 1.29 bits per heavy atom. The fourth-order valence-electron chi connectivity index (χ4n) is 3.18. The zero-order valence-electron chi connectivity index (χ0n) is 17.2. The second kappa shape index (κ2) is 10.2. The standard InChI is InChI=1S/C19H24Cl2N6O4/c1-3-30-9-31-19-25-12(17(22)28)8-13(26-19)27-6-4-11(5-7-27)24-18(29)16-15(21)14(20)10(2)23-16/h8,11,23H,3-7,9H2,1-2H3,(H2,22,28)(H,24,29). The summed E-state index contributed by atoms with van der Waals surface area (Å²) in [6.45, 7) is 5.22. The van der Waals surface area contributed by atoms with Gasteiger partial charge in [0.1, 0.15) is 17.2 Å². The number of aromatic nitrogens is 3. The molecule has 0 saturated carbocycles. The molecule has 1 saturated heterocycles. The van der Waals surface area contributed by atoms with Crippen molar-refractivity contribution in [3.05, 3.63) is 33.2 Å². The predicted molar refractivity (Wildman–Crippen MR) is 116 cm³/mol. The maximum Gasteiger partial charge on any atom is 0.321 e. The summed E-state index contributed by atoms with van der Waals surface area (Å²) in [7, 11) is 0. The van der Waals surface area contributed by atoms with E-state index < -0.39 is 5.91 Å². The molecule has 12 heteroatoms. The summed E-state index contributed by atoms with van der Waals surface area (Å²) in [5.74, 6) is -0.457. The van der Waals surface area contributed by atoms with Crippen molar-refractivity contribution in [2.75, 3.05) is 31.4 Å². The lowest BCUT2D eigenvalue weighted by Gasteiger charge is -2.33. The van der Waals surface area contributed by atoms with E-state index in [2.05, 4.69) is 20.3 Å². The van der Waals surface area contributed by atoms with Crippen LogP contribution in [0.1, 0.15) is 46.4 Å². The Hall–Kier alpha value is -2.56. The van der Waals surface area contributed by atoms with Crippen molar-refractivity contribution < 1.29 is 19.1 Å². The average molecular weight is 471 g/mol. The van der Waals surface area contributed by atoms with Crippen molar-refractivity contribution in [3.8, 4) is 6.01 Å². The predicted octanol–water partition coefficient (Wildman–Crippen LogP) is 2.29. The molecule has 0 spiro atoms. The van der Waals surface area contributed by atoms with Crippen LogP contribution in [-0.2, 0) is 4.74 Å². The van der Waals surface area contributed by atoms with Gasteiger partial charge in [-0.15, -0.1) is 0 Å². The number of primary amides is 1. The molecular weight excluding hydrogens is 447 g/mol. The van der Waals surface area contributed by atoms with Crippen LogP contribution in [0.2, 0.25) is 10.0 Å². The highest BCUT2D eigenvalue weighted by Gasteiger charge is 2.25. The molecule has 2 aromatic rings. The lowest BCUT2D eigenvalue weighted by Crippen LogP contribution is -2.45. The van der Waals surface area contributed by atoms with Crippen LogP contribution in [0.5, 0.6) is 6.01 Å². The van der Waals surface area contributed by atoms with E-state index in [4.69, 9.17) is 38.4 Å². The molecule has 0 aromatic carbocycles. The van der Waals surface area contributed by atoms with Crippen molar-refractivity contribution in [1.29, 1.82) is 0 Å². The Labute approximate surface area is 189 Å². The number of nitrogens with two attached hydrogens (primary N) is 1. The SMILES string of the molecule is CCOCOc1nc(C(N)=O)cc(N2CCC(NC(=O)c3[nH]c(C)c(Cl)c3Cl)CC2)n1. The van der Waals surface area contributed by atoms with Gasteiger partial charge in [0.05, 0.1) is 10.0 Å². The summed E-state index contributed by atoms with van der Waals surface area (Å²) < 4.78 is 10.5. The van der Waals surface area contributed by atoms with Crippen molar-refractivity contribution in [3.63, 3.8) is 0 Å². The number of hydrogen-bond acceptors (Lipinski definition) is 7. The monoisotopic (exact) mass is 470 g/mol. The minimum Gasteiger partial charge on any atom is -0.436 e. The summed E-state index contributed by atoms with van der Waals surface area (Å²) in [6, 6.07) is 1.50. The Balaban J connectivity index is 1.63. The Morgan fingerprint density at radius 2 is 2.00 bits per heavy atom. The molecule has 10 nitrogen and oxygen atoms in total. The highest BCUT2D eigenvalue weighted by molar-refractivity contribution is 6.44. The van der Waals surface area contributed by atoms with Crippen LogP contribution in [0.15, 0.2) is 6.07 Å². The van der Waals surface area contributed by atoms with E-state index in [9.17, 15) is 9.59 Å². The maximum atomic E-state index is 12.5. The van der Waals surface area contributed by atoms with Crippen LogP contribution in [0.25, 0.3) is 0 Å². The molecule has 31 heavy (non-hydrogen) atoms. The molecule has 1 fully saturated rings. The van der Waals surface area contributed by atoms with Crippen molar-refractivity contribution in [2.45, 2.75) is 32.7 Å². The van der Waals surface area contributed by atoms with E-state index >= 15 is 0 Å². The van der Waals surface area contributed by atoms with E-state index in [0.29, 0.717) is 49.1 Å². The molecule has 3 rings (SSSR count). The molecule has 1 aliphatic heterocycles. The first-order valence-electron chi connectivity index (χ1n) is 9.79. The highest BCUT2D eigenvalue weighted by Crippen LogP contribution is 2.29. The molecule has 1 aliphatic rings. The minimum atomic E-state index is -0.677. The van der Waals surface area contributed by atoms with Crippen LogP contribution < -0.4 is 20.7 Å². The number of nitrogens with zero attached hydrogens (tertiary/aromatic N) is 3. The van der Waals surface area contributed by atoms with Gasteiger partial charge in [0, 0.05) is 37.5 Å². The molecule has 0 aliphatic carbocycles. The number of carbonyl (C=O) groups is 2. The number of aromatic amines is 1. The van der Waals surface area contributed by atoms with Crippen molar-refractivity contribution in [2.24, 2.45) is 5.73 Å². The third-order valence-corrected chi connectivity index (χ3v) is 5.80. The zero-order chi connectivity index (χ0) is 22.5. The number of carbonyl (C=O) groups excluding carboxylic acids is 2. The number of nitrogens with one attached hydrogen (secondary N) is 2. The Bertz CT molecular complexity index is 959. The molecule has 168 valence electrons. The Morgan fingerprint density at radius 3 is 2.58 bits per heavy atom. The molecule has 0 unspecified atom stereocenters. The largest absolute Gasteiger partial charge is 0.436 e. The molecular formula is C19H24Cl2N6O4. The molecule has 3 heterocycles. The number of ether oxygens (including phenoxy) is 2. The van der Waals surface area contributed by atoms with E-state index in [-0.39, 0.29) is 41.2 Å². The molecule has 0 bridgehead atoms. The van der Waals surface area contributed by atoms with E-state index in [0.717, 1.165) is 0 Å². The third kappa shape index (κ3) is 5.57. The number of halogens is 2. The quantitative estimate of drug-likeness (QED) is 0.397. The number of amides is 2. The summed E-state index contributed by atoms with van der Waals surface area (Å²) >= 11 is 12.2. The van der Waals surface area contributed by atoms with Gasteiger partial charge in [-0.2, -0.15) is 9.97 Å². The first-order valence-corrected chi connectivity index (χ1v) is 10.5. The van der Waals surface area contributed by atoms with Gasteiger partial charge in [0.25, 0.3) is 11.8 Å². The van der Waals surface area contributed by atoms with Gasteiger partial charge in [0.15, 0.2) is 6.79 Å². The van der Waals surface area contributed by atoms with Gasteiger partial charge in [-0.1, -0.05) is 23.2 Å². The summed E-state index contributed by atoms with van der Waals surface area (Å²) in [5.41, 5.74) is 6.34. The van der Waals surface area contributed by atoms with Crippen LogP contribution in [-0.4, -0.2) is 59.3 Å². The normalized spacial score (nSPS) is 14.5. The highest BCUT2D eigenvalue weighted by atomic mass is 35.5. The smallest absolute Gasteiger partial charge is 0.321 e. The van der Waals surface area contributed by atoms with Gasteiger partial charge in [-0.3, -0.25) is 9.59 Å².